The minimum atomic E-state index is -0.365. The number of nitrogens with zero attached hydrogens (tertiary/aromatic N) is 4. The molecule has 6 aromatic carbocycles. The first-order valence-corrected chi connectivity index (χ1v) is 22.4. The van der Waals surface area contributed by atoms with Gasteiger partial charge in [-0.05, 0) is 85.8 Å². The number of anilines is 2. The van der Waals surface area contributed by atoms with Crippen LogP contribution in [0.1, 0.15) is 110 Å². The second kappa shape index (κ2) is 17.1. The van der Waals surface area contributed by atoms with Crippen LogP contribution in [0.3, 0.4) is 0 Å². The summed E-state index contributed by atoms with van der Waals surface area (Å²) < 4.78 is 9.37. The molecule has 6 heteroatoms. The van der Waals surface area contributed by atoms with Crippen molar-refractivity contribution in [2.24, 2.45) is 0 Å². The maximum Gasteiger partial charge on any atom is 0.135 e. The van der Waals surface area contributed by atoms with E-state index < -0.39 is 0 Å². The van der Waals surface area contributed by atoms with E-state index in [0.29, 0.717) is 11.5 Å². The molecule has 0 bridgehead atoms. The molecule has 0 spiro atoms. The van der Waals surface area contributed by atoms with Crippen molar-refractivity contribution in [3.05, 3.63) is 204 Å². The largest absolute Gasteiger partial charge is 0.509 e. The van der Waals surface area contributed by atoms with E-state index in [9.17, 15) is 0 Å². The van der Waals surface area contributed by atoms with Gasteiger partial charge in [0, 0.05) is 55.7 Å². The number of para-hydroxylation sites is 1. The minimum Gasteiger partial charge on any atom is -0.509 e. The van der Waals surface area contributed by atoms with E-state index in [1.807, 2.05) is 6.20 Å². The number of ether oxygens (including phenoxy) is 1. The van der Waals surface area contributed by atoms with Gasteiger partial charge in [0.05, 0.1) is 0 Å². The summed E-state index contributed by atoms with van der Waals surface area (Å²) in [5.41, 5.74) is 11.5. The van der Waals surface area contributed by atoms with E-state index in [1.165, 1.54) is 22.3 Å². The van der Waals surface area contributed by atoms with Crippen LogP contribution in [-0.4, -0.2) is 9.55 Å². The van der Waals surface area contributed by atoms with E-state index in [4.69, 9.17) is 9.72 Å². The fourth-order valence-electron chi connectivity index (χ4n) is 8.80. The molecule has 0 atom stereocenters. The molecule has 5 nitrogen and oxygen atoms in total. The number of aromatic nitrogens is 2. The number of rotatable bonds is 8. The van der Waals surface area contributed by atoms with E-state index in [2.05, 4.69) is 255 Å². The van der Waals surface area contributed by atoms with E-state index >= 15 is 0 Å². The Morgan fingerprint density at radius 3 is 1.89 bits per heavy atom. The quantitative estimate of drug-likeness (QED) is 0.142. The van der Waals surface area contributed by atoms with Gasteiger partial charge in [-0.15, -0.1) is 53.8 Å². The monoisotopic (exact) mass is 1030 g/mol. The molecule has 1 aliphatic heterocycles. The molecule has 3 heterocycles. The van der Waals surface area contributed by atoms with Gasteiger partial charge in [0.15, 0.2) is 0 Å². The molecule has 0 saturated carbocycles. The summed E-state index contributed by atoms with van der Waals surface area (Å²) in [6, 6.07) is 57.2. The topological polar surface area (TPSA) is 33.5 Å². The summed E-state index contributed by atoms with van der Waals surface area (Å²) in [7, 11) is 0. The molecule has 0 unspecified atom stereocenters. The van der Waals surface area contributed by atoms with Crippen molar-refractivity contribution in [3.8, 4) is 17.3 Å². The molecule has 0 saturated heterocycles. The Morgan fingerprint density at radius 2 is 1.20 bits per heavy atom. The van der Waals surface area contributed by atoms with Crippen molar-refractivity contribution in [2.75, 3.05) is 9.80 Å². The fraction of sp³-hybridized carbons (Fsp3) is 0.254. The summed E-state index contributed by atoms with van der Waals surface area (Å²) in [5.74, 6) is 2.09. The maximum absolute atomic E-state index is 7.12. The number of fused-ring (bicyclic) bond motifs is 3. The van der Waals surface area contributed by atoms with Crippen LogP contribution in [0.15, 0.2) is 152 Å². The first kappa shape index (κ1) is 45.7. The van der Waals surface area contributed by atoms with Gasteiger partial charge in [-0.3, -0.25) is 0 Å². The van der Waals surface area contributed by atoms with Crippen LogP contribution in [-0.2, 0) is 42.7 Å². The first-order chi connectivity index (χ1) is 30.4. The summed E-state index contributed by atoms with van der Waals surface area (Å²) in [4.78, 5) is 9.44. The molecule has 0 fully saturated rings. The van der Waals surface area contributed by atoms with Crippen molar-refractivity contribution < 1.29 is 25.8 Å². The van der Waals surface area contributed by atoms with Crippen molar-refractivity contribution >= 4 is 38.9 Å². The molecule has 8 aromatic rings. The van der Waals surface area contributed by atoms with Gasteiger partial charge >= 0.3 is 0 Å². The Morgan fingerprint density at radius 1 is 0.569 bits per heavy atom. The van der Waals surface area contributed by atoms with Gasteiger partial charge in [0.2, 0.25) is 0 Å². The van der Waals surface area contributed by atoms with Crippen LogP contribution in [0.4, 0.5) is 11.4 Å². The van der Waals surface area contributed by atoms with E-state index in [1.54, 1.807) is 0 Å². The minimum absolute atomic E-state index is 0. The second-order valence-electron chi connectivity index (χ2n) is 20.8. The number of hydrogen-bond donors (Lipinski definition) is 0. The van der Waals surface area contributed by atoms with E-state index in [0.717, 1.165) is 55.8 Å². The molecular weight excluding hydrogens is 976 g/mol. The van der Waals surface area contributed by atoms with Crippen LogP contribution in [0.25, 0.3) is 33.3 Å². The normalized spacial score (nSPS) is 13.6. The van der Waals surface area contributed by atoms with Crippen molar-refractivity contribution in [3.63, 3.8) is 0 Å². The molecule has 334 valence electrons. The van der Waals surface area contributed by atoms with Gasteiger partial charge in [-0.1, -0.05) is 178 Å². The number of benzene rings is 6. The molecule has 0 radical (unpaired) electrons. The van der Waals surface area contributed by atoms with E-state index in [-0.39, 0.29) is 42.7 Å². The van der Waals surface area contributed by atoms with Crippen molar-refractivity contribution in [2.45, 2.75) is 97.8 Å². The van der Waals surface area contributed by atoms with Crippen LogP contribution in [0.2, 0.25) is 0 Å². The Balaban J connectivity index is 0.00000576. The molecule has 0 amide bonds. The summed E-state index contributed by atoms with van der Waals surface area (Å²) >= 11 is 0. The standard InChI is InChI=1S/C59H59N4O.Pt/c1-56(2,3)42-25-20-26-45(31-42)62-39-61(38-53(62)40-21-14-12-15-22-40)46-32-44(59(10,11)41-23-16-13-17-24-41)33-47(35-46)64-48-36-50(58(7,8)9)55-49-27-18-19-28-51(49)63(52(55)37-48)54-34-43(29-30-60-54)57(4,5)6;/h12-34,36,38-39H,1-11H3;/q-3;. The van der Waals surface area contributed by atoms with Crippen molar-refractivity contribution in [1.82, 2.24) is 9.55 Å². The van der Waals surface area contributed by atoms with Gasteiger partial charge in [0.1, 0.15) is 5.82 Å². The predicted molar refractivity (Wildman–Crippen MR) is 268 cm³/mol. The Labute approximate surface area is 401 Å². The fourth-order valence-corrected chi connectivity index (χ4v) is 8.80. The Bertz CT molecular complexity index is 3030. The van der Waals surface area contributed by atoms with Crippen LogP contribution in [0, 0.1) is 18.8 Å². The predicted octanol–water partition coefficient (Wildman–Crippen LogP) is 15.2. The van der Waals surface area contributed by atoms with Crippen molar-refractivity contribution in [1.29, 1.82) is 0 Å². The molecule has 1 aliphatic rings. The zero-order valence-corrected chi connectivity index (χ0v) is 41.8. The third-order valence-electron chi connectivity index (χ3n) is 12.7. The molecule has 0 aliphatic carbocycles. The molecule has 2 aromatic heterocycles. The molecule has 0 N–H and O–H groups in total. The third-order valence-corrected chi connectivity index (χ3v) is 12.7. The van der Waals surface area contributed by atoms with Gasteiger partial charge < -0.3 is 19.1 Å². The zero-order valence-electron chi connectivity index (χ0n) is 39.5. The first-order valence-electron chi connectivity index (χ1n) is 22.4. The average Bonchev–Trinajstić information content (AvgIpc) is 3.86. The van der Waals surface area contributed by atoms with Crippen LogP contribution < -0.4 is 14.5 Å². The number of hydrogen-bond acceptors (Lipinski definition) is 4. The summed E-state index contributed by atoms with van der Waals surface area (Å²) in [6.45, 7) is 27.1. The summed E-state index contributed by atoms with van der Waals surface area (Å²) in [6.07, 6.45) is 4.13. The second-order valence-corrected chi connectivity index (χ2v) is 20.8. The maximum atomic E-state index is 7.12. The molecule has 65 heavy (non-hydrogen) atoms. The van der Waals surface area contributed by atoms with Gasteiger partial charge in [-0.2, -0.15) is 0 Å². The Kier molecular flexibility index (Phi) is 12.0. The Hall–Kier alpha value is -5.90. The van der Waals surface area contributed by atoms with Gasteiger partial charge in [-0.25, -0.2) is 4.98 Å². The van der Waals surface area contributed by atoms with Crippen LogP contribution >= 0.6 is 0 Å². The zero-order chi connectivity index (χ0) is 45.2. The number of pyridine rings is 1. The van der Waals surface area contributed by atoms with Gasteiger partial charge in [0.25, 0.3) is 0 Å². The average molecular weight is 1040 g/mol. The molecule has 9 rings (SSSR count). The third kappa shape index (κ3) is 8.93. The SMILES string of the molecule is CC(C)(C)c1cccc(N2[CH-]N(c3[c-]c(Oc4[c-]c5c(c(C(C)(C)C)c4)c4ccccc4n5-c4cc(C(C)(C)C)ccn4)cc(C(C)(C)c4ccccc4)c3)C=C2c2ccccc2)c1.[Pt]. The molecular formula is C59H59N4OPt-3. The summed E-state index contributed by atoms with van der Waals surface area (Å²) in [5, 5.41) is 2.32. The smallest absolute Gasteiger partial charge is 0.135 e. The van der Waals surface area contributed by atoms with Crippen LogP contribution in [0.5, 0.6) is 11.5 Å².